The summed E-state index contributed by atoms with van der Waals surface area (Å²) >= 11 is 0. The van der Waals surface area contributed by atoms with Gasteiger partial charge in [0.15, 0.2) is 17.0 Å². The number of ketones is 1. The van der Waals surface area contributed by atoms with Crippen LogP contribution in [0.1, 0.15) is 48.5 Å². The van der Waals surface area contributed by atoms with Crippen LogP contribution < -0.4 is 0 Å². The molecule has 0 amide bonds. The topological polar surface area (TPSA) is 183 Å². The highest BCUT2D eigenvalue weighted by Gasteiger charge is 2.93. The van der Waals surface area contributed by atoms with E-state index in [1.54, 1.807) is 34.6 Å². The summed E-state index contributed by atoms with van der Waals surface area (Å²) in [5, 5.41) is 56.1. The van der Waals surface area contributed by atoms with Crippen LogP contribution in [-0.4, -0.2) is 97.2 Å². The predicted octanol–water partition coefficient (Wildman–Crippen LogP) is -0.502. The molecular weight excluding hydrogens is 512 g/mol. The first-order valence-electron chi connectivity index (χ1n) is 13.6. The minimum Gasteiger partial charge on any atom is -0.457 e. The highest BCUT2D eigenvalue weighted by molar-refractivity contribution is 6.05. The van der Waals surface area contributed by atoms with Crippen LogP contribution >= 0.6 is 0 Å². The molecule has 1 saturated heterocycles. The zero-order valence-electron chi connectivity index (χ0n) is 23.4. The normalized spacial score (nSPS) is 49.5. The summed E-state index contributed by atoms with van der Waals surface area (Å²) in [4.78, 5) is 39.5. The Hall–Kier alpha value is -1.89. The fraction of sp³-hybridized carbons (Fsp3) is 0.821. The van der Waals surface area contributed by atoms with Crippen molar-refractivity contribution in [3.63, 3.8) is 0 Å². The predicted molar refractivity (Wildman–Crippen MR) is 133 cm³/mol. The summed E-state index contributed by atoms with van der Waals surface area (Å²) in [5.74, 6) is -7.52. The number of carbonyl (C=O) groups is 3. The van der Waals surface area contributed by atoms with Gasteiger partial charge in [-0.15, -0.1) is 0 Å². The Labute approximate surface area is 227 Å². The minimum atomic E-state index is -2.51. The molecule has 5 rings (SSSR count). The van der Waals surface area contributed by atoms with Gasteiger partial charge in [0.05, 0.1) is 36.8 Å². The molecule has 0 aromatic rings. The Morgan fingerprint density at radius 3 is 2.28 bits per heavy atom. The lowest BCUT2D eigenvalue weighted by molar-refractivity contribution is -0.246. The van der Waals surface area contributed by atoms with Gasteiger partial charge in [0.1, 0.15) is 17.8 Å². The van der Waals surface area contributed by atoms with Crippen molar-refractivity contribution in [2.45, 2.75) is 89.2 Å². The van der Waals surface area contributed by atoms with E-state index in [4.69, 9.17) is 14.2 Å². The van der Waals surface area contributed by atoms with E-state index in [-0.39, 0.29) is 5.57 Å². The summed E-state index contributed by atoms with van der Waals surface area (Å²) in [6.45, 7) is 10.3. The Morgan fingerprint density at radius 2 is 1.74 bits per heavy atom. The van der Waals surface area contributed by atoms with Gasteiger partial charge in [0.2, 0.25) is 0 Å². The Morgan fingerprint density at radius 1 is 1.13 bits per heavy atom. The first-order valence-corrected chi connectivity index (χ1v) is 13.6. The summed E-state index contributed by atoms with van der Waals surface area (Å²) in [6.07, 6.45) is -2.62. The Kier molecular flexibility index (Phi) is 6.11. The molecule has 11 heteroatoms. The molecule has 1 heterocycles. The monoisotopic (exact) mass is 552 g/mol. The average Bonchev–Trinajstić information content (AvgIpc) is 3.71. The molecule has 0 spiro atoms. The van der Waals surface area contributed by atoms with E-state index in [0.717, 1.165) is 0 Å². The van der Waals surface area contributed by atoms with Gasteiger partial charge in [-0.05, 0) is 19.4 Å². The number of aliphatic hydroxyl groups excluding tert-OH is 3. The van der Waals surface area contributed by atoms with Crippen molar-refractivity contribution in [2.24, 2.45) is 40.9 Å². The van der Waals surface area contributed by atoms with Crippen LogP contribution in [0.15, 0.2) is 11.6 Å². The lowest BCUT2D eigenvalue weighted by Crippen LogP contribution is -2.69. The molecule has 5 N–H and O–H groups in total. The number of esters is 2. The summed E-state index contributed by atoms with van der Waals surface area (Å²) < 4.78 is 18.1. The van der Waals surface area contributed by atoms with Crippen LogP contribution in [0.2, 0.25) is 0 Å². The van der Waals surface area contributed by atoms with Gasteiger partial charge in [-0.1, -0.05) is 40.7 Å². The molecular formula is C28H40O11. The third kappa shape index (κ3) is 3.12. The van der Waals surface area contributed by atoms with E-state index in [2.05, 4.69) is 0 Å². The highest BCUT2D eigenvalue weighted by atomic mass is 16.6. The molecule has 4 aliphatic carbocycles. The number of epoxide rings is 1. The Balaban J connectivity index is 1.74. The van der Waals surface area contributed by atoms with Crippen molar-refractivity contribution in [2.75, 3.05) is 13.2 Å². The molecule has 3 saturated carbocycles. The lowest BCUT2D eigenvalue weighted by Gasteiger charge is -2.53. The molecule has 0 aromatic carbocycles. The number of hydrogen-bond acceptors (Lipinski definition) is 11. The molecule has 1 aliphatic heterocycles. The van der Waals surface area contributed by atoms with Gasteiger partial charge in [-0.25, -0.2) is 0 Å². The summed E-state index contributed by atoms with van der Waals surface area (Å²) in [5.41, 5.74) is -8.45. The number of aliphatic hydroxyl groups is 5. The van der Waals surface area contributed by atoms with Gasteiger partial charge in [0.25, 0.3) is 0 Å². The van der Waals surface area contributed by atoms with Crippen molar-refractivity contribution < 1.29 is 54.1 Å². The van der Waals surface area contributed by atoms with E-state index in [9.17, 15) is 39.9 Å². The number of Topliss-reactive ketones (excluding diaryl/α,β-unsaturated/α-hetero) is 1. The van der Waals surface area contributed by atoms with Crippen molar-refractivity contribution in [3.8, 4) is 0 Å². The number of fused-ring (bicyclic) bond motifs is 7. The van der Waals surface area contributed by atoms with E-state index in [1.807, 2.05) is 0 Å². The molecule has 5 aliphatic rings. The maximum Gasteiger partial charge on any atom is 0.311 e. The van der Waals surface area contributed by atoms with Crippen LogP contribution in [-0.2, 0) is 28.6 Å². The maximum absolute atomic E-state index is 13.3. The standard InChI is InChI=1S/C28H40O11/c1-11(2)21(32)37-19-14(5)26(35)15-8-12(3)18(31)27(15,36)23(34)25(10-30)20(38-25)16(26)17-24(6,7)28(17,19)39-22(33)13(4)9-29/h8,11,13-17,19-20,23,29-30,34-36H,9-10H2,1-7H3. The summed E-state index contributed by atoms with van der Waals surface area (Å²) in [7, 11) is 0. The van der Waals surface area contributed by atoms with E-state index in [1.165, 1.54) is 19.9 Å². The van der Waals surface area contributed by atoms with Crippen molar-refractivity contribution in [1.29, 1.82) is 0 Å². The van der Waals surface area contributed by atoms with Gasteiger partial charge in [-0.2, -0.15) is 0 Å². The molecule has 0 radical (unpaired) electrons. The lowest BCUT2D eigenvalue weighted by atomic mass is 9.58. The molecule has 11 nitrogen and oxygen atoms in total. The zero-order chi connectivity index (χ0) is 29.2. The quantitative estimate of drug-likeness (QED) is 0.211. The fourth-order valence-corrected chi connectivity index (χ4v) is 8.27. The van der Waals surface area contributed by atoms with E-state index in [0.29, 0.717) is 0 Å². The second-order valence-electron chi connectivity index (χ2n) is 13.2. The van der Waals surface area contributed by atoms with Gasteiger partial charge in [-0.3, -0.25) is 14.4 Å². The summed E-state index contributed by atoms with van der Waals surface area (Å²) in [6, 6.07) is 0. The number of ether oxygens (including phenoxy) is 3. The number of carbonyl (C=O) groups excluding carboxylic acids is 3. The first kappa shape index (κ1) is 28.6. The molecule has 39 heavy (non-hydrogen) atoms. The van der Waals surface area contributed by atoms with Crippen LogP contribution in [0.25, 0.3) is 0 Å². The third-order valence-corrected chi connectivity index (χ3v) is 10.7. The van der Waals surface area contributed by atoms with E-state index < -0.39 is 113 Å². The largest absolute Gasteiger partial charge is 0.457 e. The van der Waals surface area contributed by atoms with Crippen LogP contribution in [0, 0.1) is 40.9 Å². The Bertz CT molecular complexity index is 1150. The van der Waals surface area contributed by atoms with Gasteiger partial charge < -0.3 is 39.7 Å². The van der Waals surface area contributed by atoms with Crippen LogP contribution in [0.4, 0.5) is 0 Å². The van der Waals surface area contributed by atoms with Crippen molar-refractivity contribution in [1.82, 2.24) is 0 Å². The van der Waals surface area contributed by atoms with Gasteiger partial charge >= 0.3 is 11.9 Å². The zero-order valence-corrected chi connectivity index (χ0v) is 23.4. The third-order valence-electron chi connectivity index (χ3n) is 10.7. The van der Waals surface area contributed by atoms with Crippen molar-refractivity contribution >= 4 is 17.7 Å². The highest BCUT2D eigenvalue weighted by Crippen LogP contribution is 2.80. The van der Waals surface area contributed by atoms with Crippen LogP contribution in [0.5, 0.6) is 0 Å². The second kappa shape index (κ2) is 8.33. The van der Waals surface area contributed by atoms with E-state index >= 15 is 0 Å². The van der Waals surface area contributed by atoms with Crippen molar-refractivity contribution in [3.05, 3.63) is 11.6 Å². The molecule has 4 fully saturated rings. The number of hydrogen-bond donors (Lipinski definition) is 5. The molecule has 0 aromatic heterocycles. The molecule has 12 unspecified atom stereocenters. The minimum absolute atomic E-state index is 0.138. The number of rotatable bonds is 6. The smallest absolute Gasteiger partial charge is 0.311 e. The fourth-order valence-electron chi connectivity index (χ4n) is 8.27. The molecule has 0 bridgehead atoms. The SMILES string of the molecule is CC1=CC2C(O)(C1=O)C(O)C1(CO)OC1C1C3C(C)(C)C3(OC(=O)C(C)CO)C(OC(=O)C(C)C)C(C)C12O. The maximum atomic E-state index is 13.3. The molecule has 218 valence electrons. The first-order chi connectivity index (χ1) is 18.0. The second-order valence-corrected chi connectivity index (χ2v) is 13.2. The van der Waals surface area contributed by atoms with Crippen LogP contribution in [0.3, 0.4) is 0 Å². The molecule has 12 atom stereocenters. The van der Waals surface area contributed by atoms with Gasteiger partial charge in [0, 0.05) is 29.1 Å². The average molecular weight is 553 g/mol.